The number of hydrogen-bond donors (Lipinski definition) is 0. The Hall–Kier alpha value is -1.90. The van der Waals surface area contributed by atoms with Crippen molar-refractivity contribution in [3.8, 4) is 0 Å². The number of aryl methyl sites for hydroxylation is 2. The monoisotopic (exact) mass is 424 g/mol. The Bertz CT molecular complexity index is 946. The molecule has 0 spiro atoms. The van der Waals surface area contributed by atoms with E-state index in [4.69, 9.17) is 11.6 Å². The number of halogens is 1. The van der Waals surface area contributed by atoms with Crippen LogP contribution in [0.1, 0.15) is 24.2 Å². The number of benzene rings is 1. The summed E-state index contributed by atoms with van der Waals surface area (Å²) < 4.78 is 28.7. The van der Waals surface area contributed by atoms with Crippen LogP contribution in [-0.2, 0) is 28.4 Å². The molecule has 1 aliphatic rings. The summed E-state index contributed by atoms with van der Waals surface area (Å²) in [7, 11) is -0.108. The second kappa shape index (κ2) is 8.23. The van der Waals surface area contributed by atoms with Crippen molar-refractivity contribution in [1.82, 2.24) is 18.8 Å². The highest BCUT2D eigenvalue weighted by Gasteiger charge is 2.34. The first-order valence-electron chi connectivity index (χ1n) is 9.18. The summed E-state index contributed by atoms with van der Waals surface area (Å²) >= 11 is 6.18. The number of nitrogens with zero attached hydrogens (tertiary/aromatic N) is 4. The van der Waals surface area contributed by atoms with Gasteiger partial charge >= 0.3 is 0 Å². The first-order valence-corrected chi connectivity index (χ1v) is 11.0. The lowest BCUT2D eigenvalue weighted by Crippen LogP contribution is -2.43. The molecule has 152 valence electrons. The zero-order valence-corrected chi connectivity index (χ0v) is 17.9. The van der Waals surface area contributed by atoms with E-state index >= 15 is 0 Å². The zero-order valence-electron chi connectivity index (χ0n) is 16.3. The molecule has 0 atom stereocenters. The smallest absolute Gasteiger partial charge is 0.262 e. The van der Waals surface area contributed by atoms with E-state index in [1.807, 2.05) is 18.2 Å². The van der Waals surface area contributed by atoms with Crippen LogP contribution < -0.4 is 0 Å². The van der Waals surface area contributed by atoms with Gasteiger partial charge < -0.3 is 9.47 Å². The average Bonchev–Trinajstić information content (AvgIpc) is 3.02. The number of piperidine rings is 1. The minimum Gasteiger partial charge on any atom is -0.341 e. The average molecular weight is 425 g/mol. The van der Waals surface area contributed by atoms with Gasteiger partial charge in [-0.2, -0.15) is 4.31 Å². The Labute approximate surface area is 171 Å². The normalized spacial score (nSPS) is 16.3. The molecule has 1 aromatic carbocycles. The molecule has 2 aromatic rings. The highest BCUT2D eigenvalue weighted by Crippen LogP contribution is 2.25. The molecule has 0 radical (unpaired) electrons. The summed E-state index contributed by atoms with van der Waals surface area (Å²) in [5, 5.41) is 0.696. The topological polar surface area (TPSA) is 75.5 Å². The predicted molar refractivity (Wildman–Crippen MR) is 107 cm³/mol. The number of hydrogen-bond acceptors (Lipinski definition) is 4. The van der Waals surface area contributed by atoms with E-state index < -0.39 is 10.0 Å². The number of carbonyl (C=O) groups excluding carboxylic acids is 1. The van der Waals surface area contributed by atoms with E-state index in [9.17, 15) is 13.2 Å². The minimum atomic E-state index is -3.63. The third-order valence-corrected chi connectivity index (χ3v) is 7.37. The predicted octanol–water partition coefficient (Wildman–Crippen LogP) is 2.44. The van der Waals surface area contributed by atoms with Crippen LogP contribution in [-0.4, -0.2) is 53.2 Å². The van der Waals surface area contributed by atoms with Gasteiger partial charge in [0.25, 0.3) is 10.0 Å². The second-order valence-electron chi connectivity index (χ2n) is 7.20. The summed E-state index contributed by atoms with van der Waals surface area (Å²) in [5.41, 5.74) is 0.894. The molecule has 1 amide bonds. The molecule has 0 aliphatic carbocycles. The quantitative estimate of drug-likeness (QED) is 0.738. The molecule has 0 bridgehead atoms. The summed E-state index contributed by atoms with van der Waals surface area (Å²) in [4.78, 5) is 18.6. The standard InChI is InChI=1S/C19H25ClN4O3S/c1-14-21-18(13-22(14)2)28(26,27)24-10-8-15(9-11-24)19(25)23(3)12-16-6-4-5-7-17(16)20/h4-7,13,15H,8-12H2,1-3H3. The van der Waals surface area contributed by atoms with Gasteiger partial charge in [0, 0.05) is 50.9 Å². The van der Waals surface area contributed by atoms with E-state index in [2.05, 4.69) is 4.98 Å². The van der Waals surface area contributed by atoms with Gasteiger partial charge in [-0.1, -0.05) is 29.8 Å². The molecule has 0 N–H and O–H groups in total. The number of imidazole rings is 1. The number of amides is 1. The van der Waals surface area contributed by atoms with Crippen molar-refractivity contribution in [2.75, 3.05) is 20.1 Å². The highest BCUT2D eigenvalue weighted by atomic mass is 35.5. The van der Waals surface area contributed by atoms with Gasteiger partial charge in [0.15, 0.2) is 5.03 Å². The lowest BCUT2D eigenvalue weighted by Gasteiger charge is -2.32. The molecule has 1 aromatic heterocycles. The van der Waals surface area contributed by atoms with Crippen LogP contribution in [0.2, 0.25) is 5.02 Å². The number of aromatic nitrogens is 2. The Kier molecular flexibility index (Phi) is 6.12. The highest BCUT2D eigenvalue weighted by molar-refractivity contribution is 7.89. The molecule has 28 heavy (non-hydrogen) atoms. The van der Waals surface area contributed by atoms with E-state index in [0.29, 0.717) is 43.3 Å². The van der Waals surface area contributed by atoms with Crippen LogP contribution in [0.15, 0.2) is 35.5 Å². The van der Waals surface area contributed by atoms with Crippen LogP contribution >= 0.6 is 11.6 Å². The van der Waals surface area contributed by atoms with Crippen LogP contribution in [0, 0.1) is 12.8 Å². The number of rotatable bonds is 5. The van der Waals surface area contributed by atoms with Crippen LogP contribution in [0.4, 0.5) is 0 Å². The van der Waals surface area contributed by atoms with E-state index in [-0.39, 0.29) is 16.9 Å². The fourth-order valence-corrected chi connectivity index (χ4v) is 5.09. The first-order chi connectivity index (χ1) is 13.2. The zero-order chi connectivity index (χ0) is 20.5. The fraction of sp³-hybridized carbons (Fsp3) is 0.474. The maximum atomic E-state index is 12.8. The molecule has 2 heterocycles. The van der Waals surface area contributed by atoms with Gasteiger partial charge in [0.2, 0.25) is 5.91 Å². The van der Waals surface area contributed by atoms with Crippen molar-refractivity contribution in [3.63, 3.8) is 0 Å². The molecule has 7 nitrogen and oxygen atoms in total. The van der Waals surface area contributed by atoms with Crippen LogP contribution in [0.5, 0.6) is 0 Å². The van der Waals surface area contributed by atoms with Gasteiger partial charge in [-0.05, 0) is 31.4 Å². The van der Waals surface area contributed by atoms with E-state index in [1.165, 1.54) is 10.5 Å². The van der Waals surface area contributed by atoms with Gasteiger partial charge in [0.1, 0.15) is 5.82 Å². The minimum absolute atomic E-state index is 0.0191. The summed E-state index contributed by atoms with van der Waals surface area (Å²) in [6, 6.07) is 7.45. The second-order valence-corrected chi connectivity index (χ2v) is 9.49. The molecule has 3 rings (SSSR count). The van der Waals surface area contributed by atoms with Crippen molar-refractivity contribution < 1.29 is 13.2 Å². The van der Waals surface area contributed by atoms with Gasteiger partial charge in [-0.3, -0.25) is 4.79 Å². The SMILES string of the molecule is Cc1nc(S(=O)(=O)N2CCC(C(=O)N(C)Cc3ccccc3Cl)CC2)cn1C. The van der Waals surface area contributed by atoms with Crippen molar-refractivity contribution >= 4 is 27.5 Å². The van der Waals surface area contributed by atoms with Crippen molar-refractivity contribution in [2.45, 2.75) is 31.3 Å². The van der Waals surface area contributed by atoms with Crippen molar-refractivity contribution in [1.29, 1.82) is 0 Å². The van der Waals surface area contributed by atoms with E-state index in [1.54, 1.807) is 36.6 Å². The van der Waals surface area contributed by atoms with Gasteiger partial charge in [-0.15, -0.1) is 0 Å². The molecular weight excluding hydrogens is 400 g/mol. The number of sulfonamides is 1. The number of carbonyl (C=O) groups is 1. The Morgan fingerprint density at radius 2 is 1.93 bits per heavy atom. The molecule has 1 fully saturated rings. The first kappa shape index (κ1) is 20.8. The van der Waals surface area contributed by atoms with E-state index in [0.717, 1.165) is 5.56 Å². The summed E-state index contributed by atoms with van der Waals surface area (Å²) in [6.45, 7) is 2.82. The van der Waals surface area contributed by atoms with Crippen LogP contribution in [0.3, 0.4) is 0 Å². The third kappa shape index (κ3) is 4.24. The summed E-state index contributed by atoms with van der Waals surface area (Å²) in [5.74, 6) is 0.472. The lowest BCUT2D eigenvalue weighted by atomic mass is 9.96. The Morgan fingerprint density at radius 1 is 1.29 bits per heavy atom. The summed E-state index contributed by atoms with van der Waals surface area (Å²) in [6.07, 6.45) is 2.52. The van der Waals surface area contributed by atoms with Crippen LogP contribution in [0.25, 0.3) is 0 Å². The molecule has 1 saturated heterocycles. The molecule has 9 heteroatoms. The maximum Gasteiger partial charge on any atom is 0.262 e. The fourth-order valence-electron chi connectivity index (χ4n) is 3.40. The maximum absolute atomic E-state index is 12.8. The third-order valence-electron chi connectivity index (χ3n) is 5.24. The molecule has 0 saturated carbocycles. The Balaban J connectivity index is 1.61. The van der Waals surface area contributed by atoms with Gasteiger partial charge in [0.05, 0.1) is 0 Å². The lowest BCUT2D eigenvalue weighted by molar-refractivity contribution is -0.135. The van der Waals surface area contributed by atoms with Gasteiger partial charge in [-0.25, -0.2) is 13.4 Å². The Morgan fingerprint density at radius 3 is 2.50 bits per heavy atom. The molecular formula is C19H25ClN4O3S. The molecule has 1 aliphatic heterocycles. The largest absolute Gasteiger partial charge is 0.341 e. The molecule has 0 unspecified atom stereocenters. The van der Waals surface area contributed by atoms with Crippen molar-refractivity contribution in [3.05, 3.63) is 46.9 Å². The van der Waals surface area contributed by atoms with Crippen molar-refractivity contribution in [2.24, 2.45) is 13.0 Å².